The molecule has 2 aliphatic rings. The average Bonchev–Trinajstić information content (AvgIpc) is 3.27. The molecule has 6 nitrogen and oxygen atoms in total. The van der Waals surface area contributed by atoms with E-state index >= 15 is 0 Å². The van der Waals surface area contributed by atoms with E-state index in [0.717, 1.165) is 11.1 Å². The van der Waals surface area contributed by atoms with Crippen molar-refractivity contribution in [2.24, 2.45) is 0 Å². The fraction of sp³-hybridized carbons (Fsp3) is 0.115. The van der Waals surface area contributed by atoms with Crippen molar-refractivity contribution in [1.29, 1.82) is 0 Å². The van der Waals surface area contributed by atoms with E-state index in [1.165, 1.54) is 9.80 Å². The Hall–Kier alpha value is -3.97. The number of benzene rings is 3. The second-order valence-electron chi connectivity index (χ2n) is 7.86. The highest BCUT2D eigenvalue weighted by Crippen LogP contribution is 2.35. The fourth-order valence-electron chi connectivity index (χ4n) is 3.97. The maximum atomic E-state index is 13.7. The number of anilines is 2. The van der Waals surface area contributed by atoms with Gasteiger partial charge in [-0.1, -0.05) is 42.0 Å². The van der Waals surface area contributed by atoms with Gasteiger partial charge >= 0.3 is 0 Å². The van der Waals surface area contributed by atoms with E-state index < -0.39 is 11.8 Å². The van der Waals surface area contributed by atoms with Crippen LogP contribution in [0.2, 0.25) is 0 Å². The Morgan fingerprint density at radius 1 is 0.848 bits per heavy atom. The summed E-state index contributed by atoms with van der Waals surface area (Å²) in [6, 6.07) is 20.1. The van der Waals surface area contributed by atoms with Crippen molar-refractivity contribution in [3.05, 3.63) is 89.0 Å². The lowest BCUT2D eigenvalue weighted by molar-refractivity contribution is -0.120. The molecule has 0 aromatic heterocycles. The molecular formula is C26H20N2O4S. The molecule has 3 aromatic carbocycles. The lowest BCUT2D eigenvalue weighted by Gasteiger charge is -2.37. The molecule has 2 heterocycles. The SMILES string of the molecule is Cc1ccc(N2C(=O)C(=Cc3ccc4c(c3)OCO4)C(=O)N(c3ccccc3)C2=S)c(C)c1. The molecule has 0 N–H and O–H groups in total. The highest BCUT2D eigenvalue weighted by molar-refractivity contribution is 7.81. The largest absolute Gasteiger partial charge is 0.454 e. The van der Waals surface area contributed by atoms with Gasteiger partial charge in [0.2, 0.25) is 6.79 Å². The van der Waals surface area contributed by atoms with Gasteiger partial charge < -0.3 is 9.47 Å². The van der Waals surface area contributed by atoms with Gasteiger partial charge in [0.25, 0.3) is 11.8 Å². The minimum atomic E-state index is -0.477. The quantitative estimate of drug-likeness (QED) is 0.323. The number of hydrogen-bond donors (Lipinski definition) is 0. The van der Waals surface area contributed by atoms with Gasteiger partial charge in [0.15, 0.2) is 16.6 Å². The van der Waals surface area contributed by atoms with E-state index in [1.807, 2.05) is 50.2 Å². The van der Waals surface area contributed by atoms with E-state index in [9.17, 15) is 9.59 Å². The molecule has 0 aliphatic carbocycles. The minimum Gasteiger partial charge on any atom is -0.454 e. The topological polar surface area (TPSA) is 59.1 Å². The molecular weight excluding hydrogens is 436 g/mol. The van der Waals surface area contributed by atoms with Crippen molar-refractivity contribution in [2.75, 3.05) is 16.6 Å². The Balaban J connectivity index is 1.65. The predicted octanol–water partition coefficient (Wildman–Crippen LogP) is 4.78. The first kappa shape index (κ1) is 20.9. The number of carbonyl (C=O) groups is 2. The molecule has 0 unspecified atom stereocenters. The lowest BCUT2D eigenvalue weighted by Crippen LogP contribution is -2.57. The summed E-state index contributed by atoms with van der Waals surface area (Å²) in [6.07, 6.45) is 1.57. The molecule has 2 amide bonds. The molecule has 164 valence electrons. The normalized spacial score (nSPS) is 16.7. The first-order valence-corrected chi connectivity index (χ1v) is 10.8. The third kappa shape index (κ3) is 3.66. The standard InChI is InChI=1S/C26H20N2O4S/c1-16-8-10-21(17(2)12-16)28-25(30)20(13-18-9-11-22-23(14-18)32-15-31-22)24(29)27(26(28)33)19-6-4-3-5-7-19/h3-14H,15H2,1-2H3. The van der Waals surface area contributed by atoms with Gasteiger partial charge in [0.1, 0.15) is 5.57 Å². The van der Waals surface area contributed by atoms with Crippen LogP contribution < -0.4 is 19.3 Å². The van der Waals surface area contributed by atoms with Gasteiger partial charge in [-0.15, -0.1) is 0 Å². The van der Waals surface area contributed by atoms with Gasteiger partial charge in [-0.05, 0) is 73.6 Å². The van der Waals surface area contributed by atoms with Crippen LogP contribution in [0.5, 0.6) is 11.5 Å². The summed E-state index contributed by atoms with van der Waals surface area (Å²) in [5.41, 5.74) is 3.84. The Morgan fingerprint density at radius 3 is 2.33 bits per heavy atom. The first-order chi connectivity index (χ1) is 15.9. The zero-order valence-corrected chi connectivity index (χ0v) is 18.9. The summed E-state index contributed by atoms with van der Waals surface area (Å²) >= 11 is 5.69. The van der Waals surface area contributed by atoms with Crippen molar-refractivity contribution >= 4 is 46.6 Å². The maximum absolute atomic E-state index is 13.7. The highest BCUT2D eigenvalue weighted by atomic mass is 32.1. The molecule has 3 aromatic rings. The van der Waals surface area contributed by atoms with Gasteiger partial charge in [-0.3, -0.25) is 19.4 Å². The van der Waals surface area contributed by atoms with Crippen LogP contribution in [0.25, 0.3) is 6.08 Å². The molecule has 33 heavy (non-hydrogen) atoms. The monoisotopic (exact) mass is 456 g/mol. The summed E-state index contributed by atoms with van der Waals surface area (Å²) in [5, 5.41) is 0.117. The zero-order chi connectivity index (χ0) is 23.1. The Morgan fingerprint density at radius 2 is 1.58 bits per heavy atom. The Bertz CT molecular complexity index is 1330. The van der Waals surface area contributed by atoms with Crippen LogP contribution in [0, 0.1) is 13.8 Å². The van der Waals surface area contributed by atoms with Crippen molar-refractivity contribution in [3.8, 4) is 11.5 Å². The number of nitrogens with zero attached hydrogens (tertiary/aromatic N) is 2. The Labute approximate surface area is 196 Å². The molecule has 0 bridgehead atoms. The molecule has 0 atom stereocenters. The van der Waals surface area contributed by atoms with Crippen LogP contribution in [0.1, 0.15) is 16.7 Å². The molecule has 0 radical (unpaired) electrons. The van der Waals surface area contributed by atoms with Crippen LogP contribution in [0.15, 0.2) is 72.3 Å². The van der Waals surface area contributed by atoms with Crippen molar-refractivity contribution in [2.45, 2.75) is 13.8 Å². The van der Waals surface area contributed by atoms with Gasteiger partial charge in [-0.2, -0.15) is 0 Å². The average molecular weight is 457 g/mol. The van der Waals surface area contributed by atoms with Gasteiger partial charge in [-0.25, -0.2) is 0 Å². The summed E-state index contributed by atoms with van der Waals surface area (Å²) in [4.78, 5) is 30.1. The number of carbonyl (C=O) groups excluding carboxylic acids is 2. The number of fused-ring (bicyclic) bond motifs is 1. The summed E-state index contributed by atoms with van der Waals surface area (Å²) in [5.74, 6) is 0.251. The van der Waals surface area contributed by atoms with Crippen molar-refractivity contribution in [1.82, 2.24) is 0 Å². The van der Waals surface area contributed by atoms with Crippen LogP contribution in [-0.2, 0) is 9.59 Å². The van der Waals surface area contributed by atoms with E-state index in [0.29, 0.717) is 28.4 Å². The number of para-hydroxylation sites is 1. The number of amides is 2. The number of hydrogen-bond acceptors (Lipinski definition) is 5. The van der Waals surface area contributed by atoms with E-state index in [4.69, 9.17) is 21.7 Å². The summed E-state index contributed by atoms with van der Waals surface area (Å²) < 4.78 is 10.8. The van der Waals surface area contributed by atoms with Crippen LogP contribution in [0.4, 0.5) is 11.4 Å². The predicted molar refractivity (Wildman–Crippen MR) is 130 cm³/mol. The first-order valence-electron chi connectivity index (χ1n) is 10.4. The number of ether oxygens (including phenoxy) is 2. The summed E-state index contributed by atoms with van der Waals surface area (Å²) in [7, 11) is 0. The second-order valence-corrected chi connectivity index (χ2v) is 8.23. The van der Waals surface area contributed by atoms with E-state index in [1.54, 1.807) is 36.4 Å². The fourth-order valence-corrected chi connectivity index (χ4v) is 4.34. The molecule has 0 spiro atoms. The molecule has 1 fully saturated rings. The van der Waals surface area contributed by atoms with Gasteiger partial charge in [0, 0.05) is 0 Å². The van der Waals surface area contributed by atoms with Gasteiger partial charge in [0.05, 0.1) is 11.4 Å². The number of rotatable bonds is 3. The van der Waals surface area contributed by atoms with Crippen LogP contribution >= 0.6 is 12.2 Å². The maximum Gasteiger partial charge on any atom is 0.270 e. The molecule has 5 rings (SSSR count). The number of thiocarbonyl (C=S) groups is 1. The highest BCUT2D eigenvalue weighted by Gasteiger charge is 2.41. The second kappa shape index (κ2) is 8.18. The smallest absolute Gasteiger partial charge is 0.270 e. The summed E-state index contributed by atoms with van der Waals surface area (Å²) in [6.45, 7) is 4.05. The molecule has 2 aliphatic heterocycles. The van der Waals surface area contributed by atoms with Crippen LogP contribution in [0.3, 0.4) is 0 Å². The molecule has 7 heteroatoms. The molecule has 0 saturated carbocycles. The zero-order valence-electron chi connectivity index (χ0n) is 18.1. The third-order valence-electron chi connectivity index (χ3n) is 5.56. The lowest BCUT2D eigenvalue weighted by atomic mass is 10.0. The van der Waals surface area contributed by atoms with E-state index in [2.05, 4.69) is 0 Å². The molecule has 1 saturated heterocycles. The Kier molecular flexibility index (Phi) is 5.18. The minimum absolute atomic E-state index is 0.00583. The van der Waals surface area contributed by atoms with Crippen molar-refractivity contribution in [3.63, 3.8) is 0 Å². The van der Waals surface area contributed by atoms with Crippen LogP contribution in [-0.4, -0.2) is 23.7 Å². The van der Waals surface area contributed by atoms with Crippen molar-refractivity contribution < 1.29 is 19.1 Å². The van der Waals surface area contributed by atoms with E-state index in [-0.39, 0.29) is 17.5 Å². The third-order valence-corrected chi connectivity index (χ3v) is 5.93. The number of aryl methyl sites for hydroxylation is 2.